The van der Waals surface area contributed by atoms with Crippen LogP contribution in [0.1, 0.15) is 30.4 Å². The van der Waals surface area contributed by atoms with Gasteiger partial charge in [-0.15, -0.1) is 0 Å². The van der Waals surface area contributed by atoms with E-state index in [9.17, 15) is 14.0 Å². The van der Waals surface area contributed by atoms with Crippen LogP contribution in [0.15, 0.2) is 47.5 Å². The number of amides is 2. The lowest BCUT2D eigenvalue weighted by atomic mass is 10.1. The highest BCUT2D eigenvalue weighted by molar-refractivity contribution is 8.15. The number of benzene rings is 2. The molecule has 0 spiro atoms. The van der Waals surface area contributed by atoms with Crippen LogP contribution in [0.2, 0.25) is 0 Å². The van der Waals surface area contributed by atoms with Crippen molar-refractivity contribution >= 4 is 40.1 Å². The Morgan fingerprint density at radius 3 is 2.69 bits per heavy atom. The Bertz CT molecular complexity index is 1000. The van der Waals surface area contributed by atoms with Crippen molar-refractivity contribution in [1.29, 1.82) is 0 Å². The first-order valence-electron chi connectivity index (χ1n) is 9.63. The van der Waals surface area contributed by atoms with E-state index in [1.54, 1.807) is 17.0 Å². The van der Waals surface area contributed by atoms with Crippen LogP contribution in [0, 0.1) is 19.7 Å². The number of carbonyl (C=O) groups excluding carboxylic acids is 2. The van der Waals surface area contributed by atoms with Crippen LogP contribution in [0.5, 0.6) is 0 Å². The van der Waals surface area contributed by atoms with E-state index in [1.807, 2.05) is 32.0 Å². The Morgan fingerprint density at radius 2 is 1.97 bits per heavy atom. The number of nitrogens with zero attached hydrogens (tertiary/aromatic N) is 2. The smallest absolute Gasteiger partial charge is 0.242 e. The van der Waals surface area contributed by atoms with Crippen molar-refractivity contribution in [3.8, 4) is 0 Å². The number of anilines is 1. The summed E-state index contributed by atoms with van der Waals surface area (Å²) >= 11 is 1.32. The van der Waals surface area contributed by atoms with E-state index in [0.29, 0.717) is 5.17 Å². The molecule has 29 heavy (non-hydrogen) atoms. The maximum absolute atomic E-state index is 13.8. The summed E-state index contributed by atoms with van der Waals surface area (Å²) in [6.07, 6.45) is 1.88. The third kappa shape index (κ3) is 4.19. The molecule has 0 aromatic heterocycles. The fraction of sp³-hybridized carbons (Fsp3) is 0.318. The standard InChI is InChI=1S/C22H22FN3O2S/c1-13-6-5-9-17(14(13)2)25-22-26(15-10-11-15)21(28)19(29-22)12-20(27)24-18-8-4-3-7-16(18)23/h3-9,15,19H,10-12H2,1-2H3,(H,24,27)/t19-/m0/s1. The molecule has 1 aliphatic carbocycles. The average Bonchev–Trinajstić information content (AvgIpc) is 3.47. The predicted octanol–water partition coefficient (Wildman–Crippen LogP) is 4.57. The summed E-state index contributed by atoms with van der Waals surface area (Å²) in [4.78, 5) is 31.9. The molecule has 0 unspecified atom stereocenters. The van der Waals surface area contributed by atoms with Crippen molar-refractivity contribution in [2.45, 2.75) is 44.4 Å². The molecule has 0 radical (unpaired) electrons. The molecule has 1 aliphatic heterocycles. The number of halogens is 1. The van der Waals surface area contributed by atoms with E-state index in [1.165, 1.54) is 23.9 Å². The third-order valence-electron chi connectivity index (χ3n) is 5.19. The quantitative estimate of drug-likeness (QED) is 0.784. The maximum atomic E-state index is 13.8. The van der Waals surface area contributed by atoms with Gasteiger partial charge in [0.2, 0.25) is 11.8 Å². The fourth-order valence-corrected chi connectivity index (χ4v) is 4.46. The lowest BCUT2D eigenvalue weighted by molar-refractivity contribution is -0.128. The molecule has 2 aromatic carbocycles. The third-order valence-corrected chi connectivity index (χ3v) is 6.34. The normalized spacial score (nSPS) is 20.4. The molecule has 1 heterocycles. The Labute approximate surface area is 173 Å². The molecule has 1 N–H and O–H groups in total. The van der Waals surface area contributed by atoms with Gasteiger partial charge < -0.3 is 5.32 Å². The largest absolute Gasteiger partial charge is 0.324 e. The molecule has 5 nitrogen and oxygen atoms in total. The molecular formula is C22H22FN3O2S. The summed E-state index contributed by atoms with van der Waals surface area (Å²) in [5.41, 5.74) is 3.17. The number of thioether (sulfide) groups is 1. The van der Waals surface area contributed by atoms with Gasteiger partial charge >= 0.3 is 0 Å². The number of hydrogen-bond acceptors (Lipinski definition) is 4. The first kappa shape index (κ1) is 19.6. The molecule has 2 aliphatic rings. The Hall–Kier alpha value is -2.67. The minimum Gasteiger partial charge on any atom is -0.324 e. The summed E-state index contributed by atoms with van der Waals surface area (Å²) < 4.78 is 13.8. The van der Waals surface area contributed by atoms with Gasteiger partial charge in [0.15, 0.2) is 5.17 Å². The predicted molar refractivity (Wildman–Crippen MR) is 114 cm³/mol. The molecule has 2 amide bonds. The molecule has 1 saturated heterocycles. The molecule has 4 rings (SSSR count). The molecule has 1 atom stereocenters. The number of amidine groups is 1. The van der Waals surface area contributed by atoms with E-state index >= 15 is 0 Å². The van der Waals surface area contributed by atoms with Gasteiger partial charge in [0, 0.05) is 12.5 Å². The molecule has 1 saturated carbocycles. The second kappa shape index (κ2) is 7.99. The molecule has 150 valence electrons. The first-order chi connectivity index (χ1) is 13.9. The average molecular weight is 412 g/mol. The summed E-state index contributed by atoms with van der Waals surface area (Å²) in [5.74, 6) is -0.974. The van der Waals surface area contributed by atoms with Crippen LogP contribution in [-0.4, -0.2) is 33.2 Å². The molecule has 0 bridgehead atoms. The highest BCUT2D eigenvalue weighted by Gasteiger charge is 2.46. The first-order valence-corrected chi connectivity index (χ1v) is 10.5. The van der Waals surface area contributed by atoms with Gasteiger partial charge in [0.1, 0.15) is 11.1 Å². The van der Waals surface area contributed by atoms with Crippen molar-refractivity contribution in [2.75, 3.05) is 5.32 Å². The zero-order chi connectivity index (χ0) is 20.5. The zero-order valence-corrected chi connectivity index (χ0v) is 17.1. The summed E-state index contributed by atoms with van der Waals surface area (Å²) in [7, 11) is 0. The van der Waals surface area contributed by atoms with E-state index in [2.05, 4.69) is 5.32 Å². The van der Waals surface area contributed by atoms with Crippen LogP contribution in [0.4, 0.5) is 15.8 Å². The van der Waals surface area contributed by atoms with Crippen molar-refractivity contribution in [3.63, 3.8) is 0 Å². The summed E-state index contributed by atoms with van der Waals surface area (Å²) in [5, 5.41) is 2.66. The molecule has 7 heteroatoms. The van der Waals surface area contributed by atoms with E-state index < -0.39 is 11.1 Å². The van der Waals surface area contributed by atoms with Gasteiger partial charge in [-0.05, 0) is 56.0 Å². The lowest BCUT2D eigenvalue weighted by Gasteiger charge is -2.15. The minimum absolute atomic E-state index is 0.0210. The number of aryl methyl sites for hydroxylation is 1. The van der Waals surface area contributed by atoms with Crippen molar-refractivity contribution in [1.82, 2.24) is 4.90 Å². The van der Waals surface area contributed by atoms with Gasteiger partial charge in [0.25, 0.3) is 0 Å². The fourth-order valence-electron chi connectivity index (χ4n) is 3.25. The SMILES string of the molecule is Cc1cccc(N=C2S[C@@H](CC(=O)Nc3ccccc3F)C(=O)N2C2CC2)c1C. The van der Waals surface area contributed by atoms with Crippen molar-refractivity contribution < 1.29 is 14.0 Å². The second-order valence-corrected chi connectivity index (χ2v) is 8.56. The van der Waals surface area contributed by atoms with Gasteiger partial charge in [-0.3, -0.25) is 14.5 Å². The van der Waals surface area contributed by atoms with Crippen LogP contribution in [-0.2, 0) is 9.59 Å². The molecule has 2 fully saturated rings. The van der Waals surface area contributed by atoms with E-state index in [0.717, 1.165) is 29.7 Å². The van der Waals surface area contributed by atoms with Crippen LogP contribution < -0.4 is 5.32 Å². The lowest BCUT2D eigenvalue weighted by Crippen LogP contribution is -2.35. The van der Waals surface area contributed by atoms with Crippen molar-refractivity contribution in [2.24, 2.45) is 4.99 Å². The number of rotatable bonds is 5. The van der Waals surface area contributed by atoms with Gasteiger partial charge in [-0.25, -0.2) is 9.38 Å². The Kier molecular flexibility index (Phi) is 5.41. The zero-order valence-electron chi connectivity index (χ0n) is 16.3. The van der Waals surface area contributed by atoms with E-state index in [4.69, 9.17) is 4.99 Å². The Morgan fingerprint density at radius 1 is 1.21 bits per heavy atom. The summed E-state index contributed by atoms with van der Waals surface area (Å²) in [6, 6.07) is 12.1. The van der Waals surface area contributed by atoms with E-state index in [-0.39, 0.29) is 30.0 Å². The van der Waals surface area contributed by atoms with Gasteiger partial charge in [-0.1, -0.05) is 36.0 Å². The Balaban J connectivity index is 1.53. The molecular weight excluding hydrogens is 389 g/mol. The molecule has 2 aromatic rings. The number of para-hydroxylation sites is 1. The number of carbonyl (C=O) groups is 2. The van der Waals surface area contributed by atoms with Crippen LogP contribution in [0.25, 0.3) is 0 Å². The van der Waals surface area contributed by atoms with Gasteiger partial charge in [-0.2, -0.15) is 0 Å². The number of hydrogen-bond donors (Lipinski definition) is 1. The highest BCUT2D eigenvalue weighted by atomic mass is 32.2. The number of aliphatic imine (C=N–C) groups is 1. The number of nitrogens with one attached hydrogen (secondary N) is 1. The second-order valence-electron chi connectivity index (χ2n) is 7.39. The van der Waals surface area contributed by atoms with Crippen molar-refractivity contribution in [3.05, 3.63) is 59.4 Å². The minimum atomic E-state index is -0.550. The summed E-state index contributed by atoms with van der Waals surface area (Å²) in [6.45, 7) is 4.04. The monoisotopic (exact) mass is 411 g/mol. The maximum Gasteiger partial charge on any atom is 0.242 e. The highest BCUT2D eigenvalue weighted by Crippen LogP contribution is 2.40. The van der Waals surface area contributed by atoms with Crippen LogP contribution in [0.3, 0.4) is 0 Å². The van der Waals surface area contributed by atoms with Crippen LogP contribution >= 0.6 is 11.8 Å². The van der Waals surface area contributed by atoms with Gasteiger partial charge in [0.05, 0.1) is 11.4 Å². The topological polar surface area (TPSA) is 61.8 Å².